The van der Waals surface area contributed by atoms with Crippen LogP contribution >= 0.6 is 23.8 Å². The van der Waals surface area contributed by atoms with Crippen molar-refractivity contribution >= 4 is 46.6 Å². The van der Waals surface area contributed by atoms with E-state index in [4.69, 9.17) is 33.3 Å². The lowest BCUT2D eigenvalue weighted by atomic mass is 10.1. The quantitative estimate of drug-likeness (QED) is 0.354. The second kappa shape index (κ2) is 9.42. The second-order valence-electron chi connectivity index (χ2n) is 7.14. The van der Waals surface area contributed by atoms with E-state index in [0.717, 1.165) is 16.8 Å². The molecule has 0 bridgehead atoms. The first-order valence-electron chi connectivity index (χ1n) is 9.92. The normalized spacial score (nSPS) is 14.9. The van der Waals surface area contributed by atoms with Gasteiger partial charge in [0.15, 0.2) is 16.6 Å². The van der Waals surface area contributed by atoms with Gasteiger partial charge in [0.1, 0.15) is 12.3 Å². The maximum absolute atomic E-state index is 13.1. The summed E-state index contributed by atoms with van der Waals surface area (Å²) < 4.78 is 11.4. The van der Waals surface area contributed by atoms with E-state index in [9.17, 15) is 4.79 Å². The van der Waals surface area contributed by atoms with E-state index in [1.54, 1.807) is 25.1 Å². The molecule has 7 heteroatoms. The van der Waals surface area contributed by atoms with Gasteiger partial charge in [-0.25, -0.2) is 0 Å². The molecular weight excluding hydrogens is 444 g/mol. The van der Waals surface area contributed by atoms with Crippen molar-refractivity contribution in [2.45, 2.75) is 6.61 Å². The predicted molar refractivity (Wildman–Crippen MR) is 131 cm³/mol. The lowest BCUT2D eigenvalue weighted by Gasteiger charge is -2.16. The molecule has 32 heavy (non-hydrogen) atoms. The van der Waals surface area contributed by atoms with Crippen LogP contribution in [-0.2, 0) is 11.4 Å². The first kappa shape index (κ1) is 21.9. The first-order chi connectivity index (χ1) is 15.5. The standard InChI is InChI=1S/C25H21ClN2O3S/c1-27-21(24(29)28(25(27)32)19-9-4-3-5-10-19)14-17-12-13-22(23(15-17)30-2)31-16-18-8-6-7-11-20(18)26/h3-15H,16H2,1-2H3/b21-14-. The summed E-state index contributed by atoms with van der Waals surface area (Å²) in [7, 11) is 3.36. The van der Waals surface area contributed by atoms with Gasteiger partial charge in [0.05, 0.1) is 12.8 Å². The molecular formula is C25H21ClN2O3S. The van der Waals surface area contributed by atoms with Gasteiger partial charge in [0.2, 0.25) is 0 Å². The number of likely N-dealkylation sites (N-methyl/N-ethyl adjacent to an activating group) is 1. The summed E-state index contributed by atoms with van der Waals surface area (Å²) in [6.07, 6.45) is 1.79. The minimum atomic E-state index is -0.179. The number of benzene rings is 3. The van der Waals surface area contributed by atoms with Gasteiger partial charge in [0, 0.05) is 17.6 Å². The van der Waals surface area contributed by atoms with Gasteiger partial charge in [-0.15, -0.1) is 0 Å². The van der Waals surface area contributed by atoms with Crippen LogP contribution in [-0.4, -0.2) is 30.1 Å². The minimum Gasteiger partial charge on any atom is -0.493 e. The van der Waals surface area contributed by atoms with Crippen LogP contribution in [0.5, 0.6) is 11.5 Å². The number of ether oxygens (including phenoxy) is 2. The van der Waals surface area contributed by atoms with Crippen molar-refractivity contribution in [1.29, 1.82) is 0 Å². The van der Waals surface area contributed by atoms with E-state index in [1.165, 1.54) is 4.90 Å². The molecule has 1 saturated heterocycles. The number of rotatable bonds is 6. The molecule has 0 radical (unpaired) electrons. The summed E-state index contributed by atoms with van der Waals surface area (Å²) in [4.78, 5) is 16.3. The third-order valence-electron chi connectivity index (χ3n) is 5.11. The Morgan fingerprint density at radius 2 is 1.72 bits per heavy atom. The first-order valence-corrected chi connectivity index (χ1v) is 10.7. The maximum atomic E-state index is 13.1. The molecule has 5 nitrogen and oxygen atoms in total. The second-order valence-corrected chi connectivity index (χ2v) is 7.91. The Morgan fingerprint density at radius 1 is 1.00 bits per heavy atom. The number of nitrogens with zero attached hydrogens (tertiary/aromatic N) is 2. The summed E-state index contributed by atoms with van der Waals surface area (Å²) in [5, 5.41) is 1.08. The molecule has 162 valence electrons. The summed E-state index contributed by atoms with van der Waals surface area (Å²) in [5.41, 5.74) is 2.89. The zero-order valence-electron chi connectivity index (χ0n) is 17.6. The zero-order valence-corrected chi connectivity index (χ0v) is 19.2. The van der Waals surface area contributed by atoms with Crippen LogP contribution in [0.4, 0.5) is 5.69 Å². The van der Waals surface area contributed by atoms with Crippen LogP contribution in [0.1, 0.15) is 11.1 Å². The third-order valence-corrected chi connectivity index (χ3v) is 5.93. The lowest BCUT2D eigenvalue weighted by molar-refractivity contribution is -0.114. The highest BCUT2D eigenvalue weighted by Gasteiger charge is 2.36. The average molecular weight is 465 g/mol. The fourth-order valence-electron chi connectivity index (χ4n) is 3.38. The largest absolute Gasteiger partial charge is 0.493 e. The van der Waals surface area contributed by atoms with Gasteiger partial charge in [-0.05, 0) is 54.2 Å². The highest BCUT2D eigenvalue weighted by atomic mass is 35.5. The fourth-order valence-corrected chi connectivity index (χ4v) is 3.86. The van der Waals surface area contributed by atoms with Gasteiger partial charge in [-0.3, -0.25) is 9.69 Å². The average Bonchev–Trinajstić information content (AvgIpc) is 3.02. The van der Waals surface area contributed by atoms with Gasteiger partial charge < -0.3 is 14.4 Å². The molecule has 0 unspecified atom stereocenters. The summed E-state index contributed by atoms with van der Waals surface area (Å²) in [5.74, 6) is 0.964. The highest BCUT2D eigenvalue weighted by Crippen LogP contribution is 2.32. The molecule has 0 N–H and O–H groups in total. The molecule has 1 aliphatic heterocycles. The summed E-state index contributed by atoms with van der Waals surface area (Å²) >= 11 is 11.7. The topological polar surface area (TPSA) is 42.0 Å². The number of methoxy groups -OCH3 is 1. The molecule has 1 aliphatic rings. The van der Waals surface area contributed by atoms with Gasteiger partial charge in [-0.1, -0.05) is 54.1 Å². The molecule has 1 heterocycles. The number of carbonyl (C=O) groups excluding carboxylic acids is 1. The smallest absolute Gasteiger partial charge is 0.281 e. The predicted octanol–water partition coefficient (Wildman–Crippen LogP) is 5.53. The van der Waals surface area contributed by atoms with Crippen molar-refractivity contribution in [1.82, 2.24) is 4.90 Å². The van der Waals surface area contributed by atoms with Gasteiger partial charge in [-0.2, -0.15) is 0 Å². The van der Waals surface area contributed by atoms with E-state index in [0.29, 0.717) is 33.9 Å². The van der Waals surface area contributed by atoms with Crippen LogP contribution in [0.3, 0.4) is 0 Å². The van der Waals surface area contributed by atoms with Crippen molar-refractivity contribution in [3.8, 4) is 11.5 Å². The Labute approximate surface area is 197 Å². The van der Waals surface area contributed by atoms with Crippen molar-refractivity contribution in [3.05, 3.63) is 94.6 Å². The third kappa shape index (κ3) is 4.33. The summed E-state index contributed by atoms with van der Waals surface area (Å²) in [6.45, 7) is 0.317. The fraction of sp³-hybridized carbons (Fsp3) is 0.120. The minimum absolute atomic E-state index is 0.179. The highest BCUT2D eigenvalue weighted by molar-refractivity contribution is 7.80. The van der Waals surface area contributed by atoms with E-state index >= 15 is 0 Å². The Balaban J connectivity index is 1.58. The van der Waals surface area contributed by atoms with Crippen molar-refractivity contribution in [2.75, 3.05) is 19.1 Å². The van der Waals surface area contributed by atoms with Gasteiger partial charge in [0.25, 0.3) is 5.91 Å². The van der Waals surface area contributed by atoms with Gasteiger partial charge >= 0.3 is 0 Å². The Kier molecular flexibility index (Phi) is 6.44. The summed E-state index contributed by atoms with van der Waals surface area (Å²) in [6, 6.07) is 22.4. The SMILES string of the molecule is COc1cc(/C=C2/C(=O)N(c3ccccc3)C(=S)N2C)ccc1OCc1ccccc1Cl. The van der Waals surface area contributed by atoms with Crippen molar-refractivity contribution < 1.29 is 14.3 Å². The van der Waals surface area contributed by atoms with Crippen LogP contribution in [0, 0.1) is 0 Å². The van der Waals surface area contributed by atoms with Crippen LogP contribution in [0.2, 0.25) is 5.02 Å². The van der Waals surface area contributed by atoms with E-state index in [1.807, 2.05) is 72.8 Å². The number of hydrogen-bond donors (Lipinski definition) is 0. The molecule has 1 amide bonds. The molecule has 3 aromatic carbocycles. The molecule has 0 aliphatic carbocycles. The molecule has 3 aromatic rings. The molecule has 0 saturated carbocycles. The molecule has 0 spiro atoms. The lowest BCUT2D eigenvalue weighted by Crippen LogP contribution is -2.30. The van der Waals surface area contributed by atoms with E-state index < -0.39 is 0 Å². The van der Waals surface area contributed by atoms with E-state index in [2.05, 4.69) is 0 Å². The van der Waals surface area contributed by atoms with E-state index in [-0.39, 0.29) is 5.91 Å². The van der Waals surface area contributed by atoms with Crippen molar-refractivity contribution in [3.63, 3.8) is 0 Å². The Morgan fingerprint density at radius 3 is 2.44 bits per heavy atom. The zero-order chi connectivity index (χ0) is 22.7. The molecule has 4 rings (SSSR count). The number of thiocarbonyl (C=S) groups is 1. The number of carbonyl (C=O) groups is 1. The number of amides is 1. The van der Waals surface area contributed by atoms with Crippen LogP contribution < -0.4 is 14.4 Å². The Hall–Kier alpha value is -3.35. The molecule has 1 fully saturated rings. The number of hydrogen-bond acceptors (Lipinski definition) is 4. The van der Waals surface area contributed by atoms with Crippen molar-refractivity contribution in [2.24, 2.45) is 0 Å². The Bertz CT molecular complexity index is 1200. The maximum Gasteiger partial charge on any atom is 0.281 e. The van der Waals surface area contributed by atoms with Crippen LogP contribution in [0.25, 0.3) is 6.08 Å². The number of para-hydroxylation sites is 1. The molecule has 0 aromatic heterocycles. The monoisotopic (exact) mass is 464 g/mol. The van der Waals surface area contributed by atoms with Crippen LogP contribution in [0.15, 0.2) is 78.5 Å². The molecule has 0 atom stereocenters. The number of halogens is 1. The number of anilines is 1.